The molecule has 2 nitrogen and oxygen atoms in total. The van der Waals surface area contributed by atoms with Gasteiger partial charge < -0.3 is 5.11 Å². The molecule has 0 bridgehead atoms. The fourth-order valence-corrected chi connectivity index (χ4v) is 0.765. The molecule has 0 aliphatic rings. The van der Waals surface area contributed by atoms with Gasteiger partial charge in [0.1, 0.15) is 0 Å². The van der Waals surface area contributed by atoms with Crippen molar-refractivity contribution in [1.82, 2.24) is 0 Å². The van der Waals surface area contributed by atoms with Crippen molar-refractivity contribution < 1.29 is 5.11 Å². The first-order valence-electron chi connectivity index (χ1n) is 4.27. The van der Waals surface area contributed by atoms with Gasteiger partial charge in [0.05, 0.1) is 5.76 Å². The molecule has 0 amide bonds. The van der Waals surface area contributed by atoms with Crippen LogP contribution >= 0.6 is 0 Å². The summed E-state index contributed by atoms with van der Waals surface area (Å²) in [5.74, 6) is 0.211. The second kappa shape index (κ2) is 6.23. The van der Waals surface area contributed by atoms with Crippen LogP contribution in [0, 0.1) is 0 Å². The van der Waals surface area contributed by atoms with E-state index in [1.807, 2.05) is 19.9 Å². The van der Waals surface area contributed by atoms with Gasteiger partial charge in [0.15, 0.2) is 0 Å². The summed E-state index contributed by atoms with van der Waals surface area (Å²) in [5, 5.41) is 8.89. The molecule has 1 N–H and O–H groups in total. The van der Waals surface area contributed by atoms with Gasteiger partial charge in [-0.05, 0) is 25.8 Å². The highest BCUT2D eigenvalue weighted by atomic mass is 16.3. The van der Waals surface area contributed by atoms with Crippen LogP contribution in [-0.2, 0) is 0 Å². The van der Waals surface area contributed by atoms with Gasteiger partial charge >= 0.3 is 0 Å². The Balaban J connectivity index is 4.06. The van der Waals surface area contributed by atoms with E-state index in [-0.39, 0.29) is 5.76 Å². The third-order valence-electron chi connectivity index (χ3n) is 1.52. The van der Waals surface area contributed by atoms with Crippen LogP contribution in [0.5, 0.6) is 0 Å². The Hall–Kier alpha value is -1.31. The van der Waals surface area contributed by atoms with E-state index in [9.17, 15) is 0 Å². The predicted octanol–water partition coefficient (Wildman–Crippen LogP) is 3.39. The van der Waals surface area contributed by atoms with Gasteiger partial charge in [0.2, 0.25) is 0 Å². The second-order valence-corrected chi connectivity index (χ2v) is 2.92. The van der Waals surface area contributed by atoms with Gasteiger partial charge in [0.25, 0.3) is 0 Å². The van der Waals surface area contributed by atoms with Gasteiger partial charge in [-0.15, -0.1) is 0 Å². The number of allylic oxidation sites excluding steroid dienone is 4. The molecule has 2 heteroatoms. The van der Waals surface area contributed by atoms with E-state index in [0.717, 1.165) is 17.7 Å². The van der Waals surface area contributed by atoms with Crippen molar-refractivity contribution >= 4 is 6.21 Å². The molecule has 0 rings (SSSR count). The fourth-order valence-electron chi connectivity index (χ4n) is 0.765. The van der Waals surface area contributed by atoms with Crippen molar-refractivity contribution in [3.8, 4) is 0 Å². The molecule has 0 aromatic carbocycles. The largest absolute Gasteiger partial charge is 0.513 e. The summed E-state index contributed by atoms with van der Waals surface area (Å²) in [4.78, 5) is 4.07. The van der Waals surface area contributed by atoms with Gasteiger partial charge in [-0.1, -0.05) is 19.2 Å². The molecule has 0 aromatic rings. The maximum Gasteiger partial charge on any atom is 0.0854 e. The van der Waals surface area contributed by atoms with Crippen molar-refractivity contribution in [2.24, 2.45) is 4.99 Å². The van der Waals surface area contributed by atoms with E-state index < -0.39 is 0 Å². The van der Waals surface area contributed by atoms with Crippen molar-refractivity contribution in [2.45, 2.75) is 26.7 Å². The van der Waals surface area contributed by atoms with E-state index >= 15 is 0 Å². The summed E-state index contributed by atoms with van der Waals surface area (Å²) >= 11 is 0. The van der Waals surface area contributed by atoms with Crippen LogP contribution < -0.4 is 0 Å². The smallest absolute Gasteiger partial charge is 0.0854 e. The van der Waals surface area contributed by atoms with Crippen LogP contribution in [0.3, 0.4) is 0 Å². The molecular formula is C11H17NO. The van der Waals surface area contributed by atoms with Crippen LogP contribution in [0.1, 0.15) is 26.7 Å². The number of aliphatic hydroxyl groups excluding tert-OH is 1. The zero-order valence-corrected chi connectivity index (χ0v) is 8.38. The highest BCUT2D eigenvalue weighted by molar-refractivity contribution is 5.79. The van der Waals surface area contributed by atoms with Gasteiger partial charge in [0, 0.05) is 18.3 Å². The first-order chi connectivity index (χ1) is 6.06. The monoisotopic (exact) mass is 179 g/mol. The van der Waals surface area contributed by atoms with Crippen molar-refractivity contribution in [3.05, 3.63) is 36.3 Å². The van der Waals surface area contributed by atoms with Gasteiger partial charge in [-0.25, -0.2) is 0 Å². The summed E-state index contributed by atoms with van der Waals surface area (Å²) < 4.78 is 0. The quantitative estimate of drug-likeness (QED) is 0.509. The van der Waals surface area contributed by atoms with E-state index in [1.165, 1.54) is 0 Å². The normalized spacial score (nSPS) is 12.0. The lowest BCUT2D eigenvalue weighted by molar-refractivity contribution is 0.392. The molecule has 0 spiro atoms. The van der Waals surface area contributed by atoms with Gasteiger partial charge in [-0.2, -0.15) is 0 Å². The predicted molar refractivity (Wildman–Crippen MR) is 58.1 cm³/mol. The minimum absolute atomic E-state index is 0.211. The summed E-state index contributed by atoms with van der Waals surface area (Å²) in [5.41, 5.74) is 1.86. The van der Waals surface area contributed by atoms with E-state index in [1.54, 1.807) is 6.21 Å². The zero-order valence-electron chi connectivity index (χ0n) is 8.38. The van der Waals surface area contributed by atoms with Crippen LogP contribution in [0.2, 0.25) is 0 Å². The number of hydrogen-bond donors (Lipinski definition) is 1. The average molecular weight is 179 g/mol. The summed E-state index contributed by atoms with van der Waals surface area (Å²) in [6.07, 6.45) is 5.09. The molecule has 0 aliphatic heterocycles. The lowest BCUT2D eigenvalue weighted by Gasteiger charge is -1.99. The average Bonchev–Trinajstić information content (AvgIpc) is 2.04. The first kappa shape index (κ1) is 11.7. The number of aliphatic hydroxyl groups is 1. The van der Waals surface area contributed by atoms with Gasteiger partial charge in [-0.3, -0.25) is 4.99 Å². The number of rotatable bonds is 5. The topological polar surface area (TPSA) is 32.6 Å². The summed E-state index contributed by atoms with van der Waals surface area (Å²) in [6, 6.07) is 0. The summed E-state index contributed by atoms with van der Waals surface area (Å²) in [7, 11) is 0. The molecule has 0 saturated carbocycles. The zero-order chi connectivity index (χ0) is 10.3. The Bertz CT molecular complexity index is 249. The van der Waals surface area contributed by atoms with E-state index in [2.05, 4.69) is 18.2 Å². The fraction of sp³-hybridized carbons (Fsp3) is 0.364. The molecule has 0 unspecified atom stereocenters. The molecule has 0 heterocycles. The standard InChI is InChI=1S/C11H17NO/c1-5-11(7-6-10(4)13)8-12-9(2)3/h5,8,13H,2,4,6-7H2,1,3H3/b11-5-,12-8?. The third-order valence-corrected chi connectivity index (χ3v) is 1.52. The van der Waals surface area contributed by atoms with Crippen molar-refractivity contribution in [3.63, 3.8) is 0 Å². The number of aliphatic imine (C=N–C) groups is 1. The third kappa shape index (κ3) is 7.06. The maximum absolute atomic E-state index is 8.89. The van der Waals surface area contributed by atoms with Crippen molar-refractivity contribution in [1.29, 1.82) is 0 Å². The van der Waals surface area contributed by atoms with E-state index in [4.69, 9.17) is 5.11 Å². The molecular weight excluding hydrogens is 162 g/mol. The first-order valence-corrected chi connectivity index (χ1v) is 4.27. The van der Waals surface area contributed by atoms with Crippen LogP contribution in [0.15, 0.2) is 41.3 Å². The molecule has 0 aliphatic carbocycles. The van der Waals surface area contributed by atoms with Crippen LogP contribution in [-0.4, -0.2) is 11.3 Å². The highest BCUT2D eigenvalue weighted by Crippen LogP contribution is 2.07. The number of hydrogen-bond acceptors (Lipinski definition) is 2. The molecule has 0 aromatic heterocycles. The second-order valence-electron chi connectivity index (χ2n) is 2.92. The highest BCUT2D eigenvalue weighted by Gasteiger charge is 1.94. The summed E-state index contributed by atoms with van der Waals surface area (Å²) in [6.45, 7) is 10.9. The Labute approximate surface area is 80.0 Å². The molecule has 0 fully saturated rings. The molecule has 0 radical (unpaired) electrons. The minimum Gasteiger partial charge on any atom is -0.513 e. The molecule has 0 saturated heterocycles. The van der Waals surface area contributed by atoms with Crippen LogP contribution in [0.25, 0.3) is 0 Å². The van der Waals surface area contributed by atoms with Crippen molar-refractivity contribution in [2.75, 3.05) is 0 Å². The molecule has 72 valence electrons. The number of nitrogens with zero attached hydrogens (tertiary/aromatic N) is 1. The molecule has 13 heavy (non-hydrogen) atoms. The van der Waals surface area contributed by atoms with Crippen LogP contribution in [0.4, 0.5) is 0 Å². The Kier molecular flexibility index (Phi) is 5.60. The minimum atomic E-state index is 0.211. The Morgan fingerprint density at radius 3 is 2.38 bits per heavy atom. The maximum atomic E-state index is 8.89. The lowest BCUT2D eigenvalue weighted by atomic mass is 10.1. The van der Waals surface area contributed by atoms with E-state index in [0.29, 0.717) is 6.42 Å². The SMILES string of the molecule is C=C(O)CC/C(C=NC(=C)C)=C/C. The Morgan fingerprint density at radius 2 is 2.00 bits per heavy atom. The molecule has 0 atom stereocenters. The Morgan fingerprint density at radius 1 is 1.38 bits per heavy atom. The lowest BCUT2D eigenvalue weighted by Crippen LogP contribution is -1.87.